The lowest BCUT2D eigenvalue weighted by Gasteiger charge is -2.08. The van der Waals surface area contributed by atoms with E-state index in [9.17, 15) is 0 Å². The summed E-state index contributed by atoms with van der Waals surface area (Å²) in [4.78, 5) is 4.17. The first-order valence-corrected chi connectivity index (χ1v) is 6.51. The molecular formula is C14H15BrN2. The summed E-state index contributed by atoms with van der Waals surface area (Å²) >= 11 is 3.42. The molecule has 0 aliphatic heterocycles. The van der Waals surface area contributed by atoms with Gasteiger partial charge in [0.25, 0.3) is 0 Å². The Bertz CT molecular complexity index is 480. The van der Waals surface area contributed by atoms with Crippen molar-refractivity contribution in [3.05, 3.63) is 58.3 Å². The van der Waals surface area contributed by atoms with Crippen molar-refractivity contribution in [1.82, 2.24) is 4.98 Å². The highest BCUT2D eigenvalue weighted by molar-refractivity contribution is 9.10. The van der Waals surface area contributed by atoms with Crippen LogP contribution in [0.25, 0.3) is 0 Å². The number of pyridine rings is 1. The molecule has 1 heterocycles. The maximum absolute atomic E-state index is 4.17. The summed E-state index contributed by atoms with van der Waals surface area (Å²) in [6.07, 6.45) is 2.85. The van der Waals surface area contributed by atoms with Crippen LogP contribution in [-0.4, -0.2) is 4.98 Å². The van der Waals surface area contributed by atoms with Gasteiger partial charge in [-0.2, -0.15) is 0 Å². The molecule has 0 fully saturated rings. The van der Waals surface area contributed by atoms with Gasteiger partial charge in [-0.25, -0.2) is 4.98 Å². The van der Waals surface area contributed by atoms with Crippen LogP contribution in [0.15, 0.2) is 47.2 Å². The molecule has 2 aromatic rings. The van der Waals surface area contributed by atoms with Crippen molar-refractivity contribution in [2.75, 3.05) is 5.32 Å². The van der Waals surface area contributed by atoms with E-state index in [0.717, 1.165) is 23.3 Å². The molecule has 3 heteroatoms. The molecule has 0 radical (unpaired) electrons. The van der Waals surface area contributed by atoms with E-state index >= 15 is 0 Å². The third kappa shape index (κ3) is 3.30. The smallest absolute Gasteiger partial charge is 0.129 e. The normalized spacial score (nSPS) is 10.2. The standard InChI is InChI=1S/C14H15BrN2/c1-2-11-5-7-12(8-6-11)10-17-13-4-3-9-16-14(13)15/h3-9,17H,2,10H2,1H3. The Morgan fingerprint density at radius 3 is 2.47 bits per heavy atom. The van der Waals surface area contributed by atoms with Gasteiger partial charge in [-0.3, -0.25) is 0 Å². The van der Waals surface area contributed by atoms with E-state index in [2.05, 4.69) is 57.4 Å². The number of halogens is 1. The first-order valence-electron chi connectivity index (χ1n) is 5.72. The van der Waals surface area contributed by atoms with Crippen LogP contribution in [0.3, 0.4) is 0 Å². The lowest BCUT2D eigenvalue weighted by atomic mass is 10.1. The molecule has 1 N–H and O–H groups in total. The van der Waals surface area contributed by atoms with E-state index in [1.54, 1.807) is 6.20 Å². The molecule has 0 bridgehead atoms. The molecule has 2 rings (SSSR count). The average Bonchev–Trinajstić information content (AvgIpc) is 2.38. The molecule has 0 unspecified atom stereocenters. The maximum atomic E-state index is 4.17. The number of hydrogen-bond acceptors (Lipinski definition) is 2. The van der Waals surface area contributed by atoms with Crippen LogP contribution >= 0.6 is 15.9 Å². The van der Waals surface area contributed by atoms with Crippen LogP contribution in [0.1, 0.15) is 18.1 Å². The highest BCUT2D eigenvalue weighted by Gasteiger charge is 1.99. The van der Waals surface area contributed by atoms with Gasteiger partial charge in [0, 0.05) is 12.7 Å². The summed E-state index contributed by atoms with van der Waals surface area (Å²) in [6, 6.07) is 12.6. The number of nitrogens with one attached hydrogen (secondary N) is 1. The number of hydrogen-bond donors (Lipinski definition) is 1. The van der Waals surface area contributed by atoms with Gasteiger partial charge in [0.05, 0.1) is 5.69 Å². The summed E-state index contributed by atoms with van der Waals surface area (Å²) in [5, 5.41) is 3.36. The second-order valence-electron chi connectivity index (χ2n) is 3.87. The Labute approximate surface area is 110 Å². The van der Waals surface area contributed by atoms with E-state index in [1.807, 2.05) is 12.1 Å². The Balaban J connectivity index is 2.00. The molecule has 0 aliphatic rings. The predicted molar refractivity (Wildman–Crippen MR) is 75.1 cm³/mol. The van der Waals surface area contributed by atoms with Gasteiger partial charge in [0.15, 0.2) is 0 Å². The largest absolute Gasteiger partial charge is 0.379 e. The van der Waals surface area contributed by atoms with Gasteiger partial charge in [-0.15, -0.1) is 0 Å². The fraction of sp³-hybridized carbons (Fsp3) is 0.214. The zero-order valence-electron chi connectivity index (χ0n) is 9.78. The Hall–Kier alpha value is -1.35. The third-order valence-corrected chi connectivity index (χ3v) is 3.31. The molecule has 2 nitrogen and oxygen atoms in total. The monoisotopic (exact) mass is 290 g/mol. The third-order valence-electron chi connectivity index (χ3n) is 2.67. The first-order chi connectivity index (χ1) is 8.29. The van der Waals surface area contributed by atoms with Crippen LogP contribution in [-0.2, 0) is 13.0 Å². The topological polar surface area (TPSA) is 24.9 Å². The predicted octanol–water partition coefficient (Wildman–Crippen LogP) is 4.02. The first kappa shape index (κ1) is 12.1. The Morgan fingerprint density at radius 2 is 1.82 bits per heavy atom. The van der Waals surface area contributed by atoms with Crippen LogP contribution < -0.4 is 5.32 Å². The van der Waals surface area contributed by atoms with Crippen molar-refractivity contribution in [3.63, 3.8) is 0 Å². The minimum Gasteiger partial charge on any atom is -0.379 e. The molecule has 17 heavy (non-hydrogen) atoms. The molecule has 0 aliphatic carbocycles. The number of rotatable bonds is 4. The summed E-state index contributed by atoms with van der Waals surface area (Å²) < 4.78 is 0.852. The second kappa shape index (κ2) is 5.82. The lowest BCUT2D eigenvalue weighted by molar-refractivity contribution is 1.10. The van der Waals surface area contributed by atoms with Crippen LogP contribution in [0.4, 0.5) is 5.69 Å². The quantitative estimate of drug-likeness (QED) is 0.861. The van der Waals surface area contributed by atoms with Crippen molar-refractivity contribution in [2.45, 2.75) is 19.9 Å². The molecule has 1 aromatic heterocycles. The van der Waals surface area contributed by atoms with E-state index in [-0.39, 0.29) is 0 Å². The van der Waals surface area contributed by atoms with Crippen molar-refractivity contribution >= 4 is 21.6 Å². The molecule has 0 amide bonds. The number of aryl methyl sites for hydroxylation is 1. The summed E-state index contributed by atoms with van der Waals surface area (Å²) in [6.45, 7) is 2.98. The molecule has 0 spiro atoms. The second-order valence-corrected chi connectivity index (χ2v) is 4.62. The highest BCUT2D eigenvalue weighted by atomic mass is 79.9. The zero-order valence-corrected chi connectivity index (χ0v) is 11.4. The van der Waals surface area contributed by atoms with Crippen molar-refractivity contribution in [3.8, 4) is 0 Å². The molecule has 1 aromatic carbocycles. The summed E-state index contributed by atoms with van der Waals surface area (Å²) in [5.74, 6) is 0. The number of anilines is 1. The van der Waals surface area contributed by atoms with Gasteiger partial charge in [-0.1, -0.05) is 31.2 Å². The molecule has 0 atom stereocenters. The number of benzene rings is 1. The number of nitrogens with zero attached hydrogens (tertiary/aromatic N) is 1. The van der Waals surface area contributed by atoms with Crippen LogP contribution in [0.5, 0.6) is 0 Å². The molecule has 0 saturated heterocycles. The summed E-state index contributed by atoms with van der Waals surface area (Å²) in [7, 11) is 0. The van der Waals surface area contributed by atoms with Gasteiger partial charge in [0.2, 0.25) is 0 Å². The molecular weight excluding hydrogens is 276 g/mol. The van der Waals surface area contributed by atoms with Crippen molar-refractivity contribution < 1.29 is 0 Å². The van der Waals surface area contributed by atoms with Crippen LogP contribution in [0.2, 0.25) is 0 Å². The van der Waals surface area contributed by atoms with Crippen molar-refractivity contribution in [1.29, 1.82) is 0 Å². The minimum atomic E-state index is 0.814. The van der Waals surface area contributed by atoms with Gasteiger partial charge in [-0.05, 0) is 45.6 Å². The van der Waals surface area contributed by atoms with Crippen molar-refractivity contribution in [2.24, 2.45) is 0 Å². The Morgan fingerprint density at radius 1 is 1.12 bits per heavy atom. The average molecular weight is 291 g/mol. The maximum Gasteiger partial charge on any atom is 0.129 e. The molecule has 88 valence electrons. The van der Waals surface area contributed by atoms with E-state index in [4.69, 9.17) is 0 Å². The SMILES string of the molecule is CCc1ccc(CNc2cccnc2Br)cc1. The Kier molecular flexibility index (Phi) is 4.15. The van der Waals surface area contributed by atoms with Crippen LogP contribution in [0, 0.1) is 0 Å². The highest BCUT2D eigenvalue weighted by Crippen LogP contribution is 2.19. The van der Waals surface area contributed by atoms with Gasteiger partial charge >= 0.3 is 0 Å². The minimum absolute atomic E-state index is 0.814. The zero-order chi connectivity index (χ0) is 12.1. The van der Waals surface area contributed by atoms with E-state index in [1.165, 1.54) is 11.1 Å². The van der Waals surface area contributed by atoms with Gasteiger partial charge in [0.1, 0.15) is 4.60 Å². The summed E-state index contributed by atoms with van der Waals surface area (Å²) in [5.41, 5.74) is 3.67. The fourth-order valence-electron chi connectivity index (χ4n) is 1.61. The number of aromatic nitrogens is 1. The van der Waals surface area contributed by atoms with E-state index in [0.29, 0.717) is 0 Å². The van der Waals surface area contributed by atoms with Gasteiger partial charge < -0.3 is 5.32 Å². The fourth-order valence-corrected chi connectivity index (χ4v) is 2.00. The van der Waals surface area contributed by atoms with E-state index < -0.39 is 0 Å². The lowest BCUT2D eigenvalue weighted by Crippen LogP contribution is -2.00. The molecule has 0 saturated carbocycles.